The highest BCUT2D eigenvalue weighted by Gasteiger charge is 2.27. The Morgan fingerprint density at radius 3 is 2.48 bits per heavy atom. The summed E-state index contributed by atoms with van der Waals surface area (Å²) < 4.78 is -1.59. The Kier molecular flexibility index (Phi) is 4.76. The first-order chi connectivity index (χ1) is 10.9. The van der Waals surface area contributed by atoms with Crippen molar-refractivity contribution < 1.29 is 0 Å². The molecule has 7 heteroatoms. The summed E-state index contributed by atoms with van der Waals surface area (Å²) >= 11 is 17.4. The van der Waals surface area contributed by atoms with Gasteiger partial charge in [0.15, 0.2) is 0 Å². The zero-order chi connectivity index (χ0) is 16.4. The minimum absolute atomic E-state index is 0.476. The molecule has 3 rings (SSSR count). The van der Waals surface area contributed by atoms with Crippen LogP contribution in [0.5, 0.6) is 0 Å². The number of benzene rings is 1. The monoisotopic (exact) mass is 368 g/mol. The van der Waals surface area contributed by atoms with E-state index in [1.807, 2.05) is 43.3 Å². The third-order valence-electron chi connectivity index (χ3n) is 3.37. The van der Waals surface area contributed by atoms with Gasteiger partial charge in [0, 0.05) is 17.3 Å². The molecule has 1 aromatic carbocycles. The SMILES string of the molecule is Cc1cc(C2CC2)nc(N(N=CC(Cl)(Cl)Cl)c2ccccc2)n1. The molecule has 0 N–H and O–H groups in total. The molecule has 4 nitrogen and oxygen atoms in total. The average Bonchev–Trinajstić information content (AvgIpc) is 3.31. The van der Waals surface area contributed by atoms with Gasteiger partial charge in [0.2, 0.25) is 3.79 Å². The van der Waals surface area contributed by atoms with Crippen LogP contribution in [0.3, 0.4) is 0 Å². The van der Waals surface area contributed by atoms with Crippen molar-refractivity contribution in [2.45, 2.75) is 29.5 Å². The first-order valence-corrected chi connectivity index (χ1v) is 8.38. The van der Waals surface area contributed by atoms with E-state index in [4.69, 9.17) is 34.8 Å². The van der Waals surface area contributed by atoms with Crippen LogP contribution >= 0.6 is 34.8 Å². The highest BCUT2D eigenvalue weighted by molar-refractivity contribution is 6.74. The summed E-state index contributed by atoms with van der Waals surface area (Å²) in [5.41, 5.74) is 2.73. The predicted octanol–water partition coefficient (Wildman–Crippen LogP) is 5.16. The van der Waals surface area contributed by atoms with Gasteiger partial charge in [-0.15, -0.1) is 0 Å². The van der Waals surface area contributed by atoms with Gasteiger partial charge in [-0.1, -0.05) is 53.0 Å². The number of aromatic nitrogens is 2. The molecule has 1 heterocycles. The van der Waals surface area contributed by atoms with Crippen LogP contribution in [0.25, 0.3) is 0 Å². The summed E-state index contributed by atoms with van der Waals surface area (Å²) in [5.74, 6) is 0.994. The molecule has 0 aliphatic heterocycles. The molecule has 0 spiro atoms. The fourth-order valence-electron chi connectivity index (χ4n) is 2.19. The summed E-state index contributed by atoms with van der Waals surface area (Å²) in [7, 11) is 0. The number of hydrazone groups is 1. The van der Waals surface area contributed by atoms with E-state index in [1.165, 1.54) is 19.1 Å². The minimum atomic E-state index is -1.59. The van der Waals surface area contributed by atoms with Crippen molar-refractivity contribution in [3.63, 3.8) is 0 Å². The highest BCUT2D eigenvalue weighted by atomic mass is 35.6. The van der Waals surface area contributed by atoms with Gasteiger partial charge in [0.1, 0.15) is 0 Å². The fraction of sp³-hybridized carbons (Fsp3) is 0.312. The fourth-order valence-corrected chi connectivity index (χ4v) is 2.32. The lowest BCUT2D eigenvalue weighted by molar-refractivity contribution is 0.909. The van der Waals surface area contributed by atoms with Crippen molar-refractivity contribution in [1.29, 1.82) is 0 Å². The second kappa shape index (κ2) is 6.63. The minimum Gasteiger partial charge on any atom is -0.216 e. The topological polar surface area (TPSA) is 41.4 Å². The third-order valence-corrected chi connectivity index (χ3v) is 3.66. The summed E-state index contributed by atoms with van der Waals surface area (Å²) in [5, 5.41) is 5.87. The lowest BCUT2D eigenvalue weighted by Gasteiger charge is -2.19. The Hall–Kier alpha value is -1.36. The maximum Gasteiger partial charge on any atom is 0.251 e. The van der Waals surface area contributed by atoms with Crippen molar-refractivity contribution in [2.24, 2.45) is 5.10 Å². The van der Waals surface area contributed by atoms with Crippen LogP contribution in [-0.2, 0) is 0 Å². The van der Waals surface area contributed by atoms with Crippen LogP contribution in [0.4, 0.5) is 11.6 Å². The van der Waals surface area contributed by atoms with Gasteiger partial charge in [0.05, 0.1) is 11.9 Å². The molecule has 2 aromatic rings. The molecule has 1 aliphatic rings. The number of hydrogen-bond donors (Lipinski definition) is 0. The maximum absolute atomic E-state index is 5.79. The summed E-state index contributed by atoms with van der Waals surface area (Å²) in [6, 6.07) is 11.6. The molecular weight excluding hydrogens is 355 g/mol. The van der Waals surface area contributed by atoms with E-state index in [0.717, 1.165) is 17.1 Å². The molecule has 0 radical (unpaired) electrons. The molecule has 0 amide bonds. The van der Waals surface area contributed by atoms with Crippen molar-refractivity contribution in [3.8, 4) is 0 Å². The van der Waals surface area contributed by atoms with Gasteiger partial charge in [-0.2, -0.15) is 10.1 Å². The normalized spacial score (nSPS) is 15.1. The maximum atomic E-state index is 5.79. The number of aryl methyl sites for hydroxylation is 1. The number of nitrogens with zero attached hydrogens (tertiary/aromatic N) is 4. The summed E-state index contributed by atoms with van der Waals surface area (Å²) in [6.45, 7) is 1.94. The molecule has 0 atom stereocenters. The highest BCUT2D eigenvalue weighted by Crippen LogP contribution is 2.40. The Balaban J connectivity index is 2.02. The number of para-hydroxylation sites is 1. The van der Waals surface area contributed by atoms with E-state index in [2.05, 4.69) is 15.1 Å². The Morgan fingerprint density at radius 2 is 1.87 bits per heavy atom. The van der Waals surface area contributed by atoms with Gasteiger partial charge in [0.25, 0.3) is 5.95 Å². The van der Waals surface area contributed by atoms with Crippen LogP contribution in [0.15, 0.2) is 41.5 Å². The Bertz CT molecular complexity index is 709. The van der Waals surface area contributed by atoms with Crippen molar-refractivity contribution >= 4 is 52.7 Å². The molecule has 23 heavy (non-hydrogen) atoms. The van der Waals surface area contributed by atoms with Gasteiger partial charge >= 0.3 is 0 Å². The molecule has 0 bridgehead atoms. The van der Waals surface area contributed by atoms with Crippen molar-refractivity contribution in [2.75, 3.05) is 5.01 Å². The van der Waals surface area contributed by atoms with Crippen LogP contribution < -0.4 is 5.01 Å². The van der Waals surface area contributed by atoms with Crippen LogP contribution in [0.1, 0.15) is 30.1 Å². The molecule has 0 saturated heterocycles. The number of halogens is 3. The molecule has 1 fully saturated rings. The molecule has 0 unspecified atom stereocenters. The van der Waals surface area contributed by atoms with E-state index >= 15 is 0 Å². The lowest BCUT2D eigenvalue weighted by Crippen LogP contribution is -2.17. The summed E-state index contributed by atoms with van der Waals surface area (Å²) in [6.07, 6.45) is 3.57. The Labute approximate surface area is 150 Å². The number of hydrogen-bond acceptors (Lipinski definition) is 4. The second-order valence-electron chi connectivity index (χ2n) is 5.44. The van der Waals surface area contributed by atoms with Crippen LogP contribution in [-0.4, -0.2) is 20.0 Å². The second-order valence-corrected chi connectivity index (χ2v) is 7.81. The van der Waals surface area contributed by atoms with E-state index in [1.54, 1.807) is 5.01 Å². The number of rotatable bonds is 4. The predicted molar refractivity (Wildman–Crippen MR) is 96.1 cm³/mol. The first kappa shape index (κ1) is 16.5. The number of anilines is 2. The summed E-state index contributed by atoms with van der Waals surface area (Å²) in [4.78, 5) is 9.14. The smallest absolute Gasteiger partial charge is 0.216 e. The molecule has 1 aliphatic carbocycles. The largest absolute Gasteiger partial charge is 0.251 e. The molecule has 120 valence electrons. The van der Waals surface area contributed by atoms with Gasteiger partial charge in [-0.25, -0.2) is 9.97 Å². The molecule has 1 aromatic heterocycles. The quantitative estimate of drug-likeness (QED) is 0.425. The van der Waals surface area contributed by atoms with Crippen LogP contribution in [0.2, 0.25) is 0 Å². The van der Waals surface area contributed by atoms with Gasteiger partial charge in [-0.05, 0) is 38.0 Å². The lowest BCUT2D eigenvalue weighted by atomic mass is 10.2. The molecular formula is C16H15Cl3N4. The van der Waals surface area contributed by atoms with Crippen molar-refractivity contribution in [3.05, 3.63) is 47.8 Å². The Morgan fingerprint density at radius 1 is 1.17 bits per heavy atom. The van der Waals surface area contributed by atoms with E-state index < -0.39 is 3.79 Å². The zero-order valence-electron chi connectivity index (χ0n) is 12.5. The van der Waals surface area contributed by atoms with E-state index in [0.29, 0.717) is 11.9 Å². The van der Waals surface area contributed by atoms with Crippen LogP contribution in [0, 0.1) is 6.92 Å². The van der Waals surface area contributed by atoms with E-state index in [9.17, 15) is 0 Å². The first-order valence-electron chi connectivity index (χ1n) is 7.25. The van der Waals surface area contributed by atoms with E-state index in [-0.39, 0.29) is 0 Å². The number of alkyl halides is 3. The third kappa shape index (κ3) is 4.56. The standard InChI is InChI=1S/C16H15Cl3N4/c1-11-9-14(12-7-8-12)22-15(21-11)23(20-10-16(17,18)19)13-5-3-2-4-6-13/h2-6,9-10,12H,7-8H2,1H3. The molecule has 1 saturated carbocycles. The van der Waals surface area contributed by atoms with Gasteiger partial charge < -0.3 is 0 Å². The average molecular weight is 370 g/mol. The van der Waals surface area contributed by atoms with Gasteiger partial charge in [-0.3, -0.25) is 0 Å². The van der Waals surface area contributed by atoms with Crippen molar-refractivity contribution in [1.82, 2.24) is 9.97 Å². The zero-order valence-corrected chi connectivity index (χ0v) is 14.7.